The van der Waals surface area contributed by atoms with Gasteiger partial charge in [0.05, 0.1) is 56.5 Å². The third kappa shape index (κ3) is 43.5. The number of aliphatic hydroxyl groups is 4. The van der Waals surface area contributed by atoms with E-state index < -0.39 is 79.7 Å². The Labute approximate surface area is 421 Å². The molecule has 68 heavy (non-hydrogen) atoms. The fourth-order valence-electron chi connectivity index (χ4n) is 4.31. The number of methoxy groups -OCH3 is 3. The largest absolute Gasteiger partial charge is 1.00 e. The van der Waals surface area contributed by atoms with Gasteiger partial charge in [-0.25, -0.2) is 39.9 Å². The number of aliphatic hydroxyl groups excluding tert-OH is 4. The Morgan fingerprint density at radius 3 is 0.912 bits per heavy atom. The third-order valence-electron chi connectivity index (χ3n) is 7.16. The number of halogens is 11. The summed E-state index contributed by atoms with van der Waals surface area (Å²) >= 11 is 1.62. The summed E-state index contributed by atoms with van der Waals surface area (Å²) in [6, 6.07) is 44.2. The van der Waals surface area contributed by atoms with Gasteiger partial charge >= 0.3 is 58.9 Å². The first-order valence-electron chi connectivity index (χ1n) is 18.6. The Morgan fingerprint density at radius 1 is 0.574 bits per heavy atom. The van der Waals surface area contributed by atoms with E-state index >= 15 is 0 Å². The molecule has 0 saturated heterocycles. The van der Waals surface area contributed by atoms with E-state index in [1.54, 1.807) is 17.3 Å². The molecule has 4 aromatic rings. The first kappa shape index (κ1) is 76.9. The van der Waals surface area contributed by atoms with Gasteiger partial charge in [0.2, 0.25) is 12.6 Å². The van der Waals surface area contributed by atoms with Gasteiger partial charge in [0.15, 0.2) is 0 Å². The Kier molecular flexibility index (Phi) is 60.8. The first-order valence-corrected chi connectivity index (χ1v) is 24.4. The van der Waals surface area contributed by atoms with Gasteiger partial charge < -0.3 is 52.2 Å². The molecular weight excluding hydrogens is 1160 g/mol. The first-order chi connectivity index (χ1) is 31.5. The van der Waals surface area contributed by atoms with Gasteiger partial charge in [0.25, 0.3) is 25.7 Å². The molecule has 10 nitrogen and oxygen atoms in total. The van der Waals surface area contributed by atoms with Crippen molar-refractivity contribution in [3.63, 3.8) is 0 Å². The van der Waals surface area contributed by atoms with E-state index in [2.05, 4.69) is 157 Å². The second-order valence-electron chi connectivity index (χ2n) is 11.6. The van der Waals surface area contributed by atoms with Crippen molar-refractivity contribution in [2.24, 2.45) is 0 Å². The molecule has 391 valence electrons. The van der Waals surface area contributed by atoms with Crippen molar-refractivity contribution in [3.8, 4) is 0 Å². The van der Waals surface area contributed by atoms with E-state index in [1.807, 2.05) is 0 Å². The van der Waals surface area contributed by atoms with E-state index in [0.29, 0.717) is 0 Å². The molecule has 25 heteroatoms. The number of benzene rings is 4. The van der Waals surface area contributed by atoms with E-state index in [9.17, 15) is 48.7 Å². The normalized spacial score (nSPS) is 10.7. The molecule has 0 aliphatic carbocycles. The minimum Gasteiger partial charge on any atom is -0.310 e. The van der Waals surface area contributed by atoms with E-state index in [1.165, 1.54) is 33.5 Å². The van der Waals surface area contributed by atoms with Crippen molar-refractivity contribution in [1.82, 2.24) is 5.32 Å². The molecule has 0 aliphatic rings. The van der Waals surface area contributed by atoms with E-state index in [-0.39, 0.29) is 26.9 Å². The SMILES string of the molecule is COC(=O)C(F)F.COC(O)C(F)F.COC(O)C(F)F.OCC(F)F.OCC(F)F.[CH-]=O.[CH3-].[Cl][RuH+2].[Ru+].c1ccc([PH+](CCNCC[PH+](c2ccccc2)c2ccccc2)c2ccccc2)cc1. The van der Waals surface area contributed by atoms with Gasteiger partial charge in [-0.1, -0.05) is 72.8 Å². The number of carbonyl (C=O) groups excluding carboxylic acids is 2. The summed E-state index contributed by atoms with van der Waals surface area (Å²) in [6.45, 7) is 3.33. The molecule has 2 atom stereocenters. The van der Waals surface area contributed by atoms with Crippen LogP contribution in [-0.2, 0) is 60.6 Å². The van der Waals surface area contributed by atoms with Crippen molar-refractivity contribution >= 4 is 59.5 Å². The zero-order valence-electron chi connectivity index (χ0n) is 37.1. The van der Waals surface area contributed by atoms with Gasteiger partial charge in [-0.3, -0.25) is 6.79 Å². The zero-order chi connectivity index (χ0) is 51.3. The predicted molar refractivity (Wildman–Crippen MR) is 246 cm³/mol. The summed E-state index contributed by atoms with van der Waals surface area (Å²) in [5, 5.41) is 40.5. The Bertz CT molecular complexity index is 1440. The molecule has 0 fully saturated rings. The van der Waals surface area contributed by atoms with Crippen molar-refractivity contribution in [3.05, 3.63) is 129 Å². The molecule has 0 bridgehead atoms. The molecule has 0 saturated carbocycles. The Hall–Kier alpha value is -2.56. The molecule has 0 heterocycles. The summed E-state index contributed by atoms with van der Waals surface area (Å²) < 4.78 is 119. The number of nitrogens with one attached hydrogen (secondary N) is 1. The average Bonchev–Trinajstić information content (AvgIpc) is 3.36. The number of hydrogen-bond acceptors (Lipinski definition) is 10. The van der Waals surface area contributed by atoms with Crippen molar-refractivity contribution in [1.29, 1.82) is 0 Å². The van der Waals surface area contributed by atoms with Crippen molar-refractivity contribution < 1.29 is 125 Å². The quantitative estimate of drug-likeness (QED) is 0.0120. The molecule has 5 N–H and O–H groups in total. The van der Waals surface area contributed by atoms with Gasteiger partial charge in [0.1, 0.15) is 13.2 Å². The summed E-state index contributed by atoms with van der Waals surface area (Å²) in [5.41, 5.74) is 0. The predicted octanol–water partition coefficient (Wildman–Crippen LogP) is 6.24. The molecule has 0 aromatic heterocycles. The van der Waals surface area contributed by atoms with Crippen LogP contribution < -0.4 is 26.5 Å². The minimum absolute atomic E-state index is 0. The average molecular weight is 1220 g/mol. The zero-order valence-corrected chi connectivity index (χ0v) is 43.5. The molecular formula is C43H60ClF10NO9P2Ru2+3. The smallest absolute Gasteiger partial charge is 0.310 e. The second-order valence-corrected chi connectivity index (χ2v) is 16.8. The standard InChI is InChI=1S/C28H29NP2.2C3H6F2O2.C3H4F2O2.2C2H4F2O.CHO.CH3.ClH.2Ru.H/c1-5-13-25(14-6-1)30(26-15-7-2-8-16-26)23-21-29-22-24-31(27-17-9-3-10-18-27)28-19-11-4-12-20-28;3*1-7-3(6)2(4)5;2*3-2(4)1-5;1-2;;;;;/h1-20,29H,21-24H2;2*2-3,6H,1H3;2H,1H3;2*2,5H,1H2;1H;1H3;1H;;;/q;;;;;;2*-1;;+1;+3;/p+1. The van der Waals surface area contributed by atoms with Crippen LogP contribution in [-0.4, -0.2) is 138 Å². The van der Waals surface area contributed by atoms with Crippen LogP contribution >= 0.6 is 25.5 Å². The maximum atomic E-state index is 11.1. The maximum Gasteiger partial charge on any atom is 1.00 e. The van der Waals surface area contributed by atoms with Crippen LogP contribution in [0.25, 0.3) is 0 Å². The van der Waals surface area contributed by atoms with Crippen LogP contribution in [0.15, 0.2) is 121 Å². The summed E-state index contributed by atoms with van der Waals surface area (Å²) in [4.78, 5) is 17.3. The van der Waals surface area contributed by atoms with E-state index in [4.69, 9.17) is 25.2 Å². The fraction of sp³-hybridized carbons (Fsp3) is 0.372. The second kappa shape index (κ2) is 53.8. The van der Waals surface area contributed by atoms with Crippen LogP contribution in [0, 0.1) is 7.43 Å². The Morgan fingerprint density at radius 2 is 0.794 bits per heavy atom. The summed E-state index contributed by atoms with van der Waals surface area (Å²) in [5.74, 6) is -1.49. The number of ether oxygens (including phenoxy) is 3. The molecule has 2 unspecified atom stereocenters. The summed E-state index contributed by atoms with van der Waals surface area (Å²) in [7, 11) is 6.03. The number of esters is 1. The number of carbonyl (C=O) groups is 1. The minimum atomic E-state index is -3.00. The van der Waals surface area contributed by atoms with Crippen LogP contribution in [0.3, 0.4) is 0 Å². The number of alkyl halides is 10. The van der Waals surface area contributed by atoms with Crippen molar-refractivity contribution in [2.45, 2.75) is 44.7 Å². The maximum absolute atomic E-state index is 11.1. The van der Waals surface area contributed by atoms with Crippen LogP contribution in [0.4, 0.5) is 43.9 Å². The molecule has 0 spiro atoms. The van der Waals surface area contributed by atoms with Crippen LogP contribution in [0.2, 0.25) is 0 Å². The van der Waals surface area contributed by atoms with Crippen molar-refractivity contribution in [2.75, 3.05) is 60.0 Å². The van der Waals surface area contributed by atoms with Gasteiger partial charge in [-0.15, -0.1) is 0 Å². The fourth-order valence-corrected chi connectivity index (χ4v) is 9.37. The Balaban J connectivity index is -0.000000213. The number of rotatable bonds is 17. The summed E-state index contributed by atoms with van der Waals surface area (Å²) in [6.07, 6.45) is -15.2. The molecule has 0 amide bonds. The number of hydrogen-bond donors (Lipinski definition) is 5. The molecule has 0 aliphatic heterocycles. The topological polar surface area (TPSA) is 155 Å². The van der Waals surface area contributed by atoms with Crippen LogP contribution in [0.1, 0.15) is 0 Å². The third-order valence-corrected chi connectivity index (χ3v) is 12.8. The molecule has 4 rings (SSSR count). The monoisotopic (exact) mass is 1230 g/mol. The van der Waals surface area contributed by atoms with Gasteiger partial charge in [-0.2, -0.15) is 8.78 Å². The van der Waals surface area contributed by atoms with Crippen LogP contribution in [0.5, 0.6) is 0 Å². The molecule has 4 aromatic carbocycles. The van der Waals surface area contributed by atoms with Gasteiger partial charge in [0, 0.05) is 27.3 Å². The molecule has 1 radical (unpaired) electrons. The van der Waals surface area contributed by atoms with E-state index in [0.717, 1.165) is 34.4 Å². The van der Waals surface area contributed by atoms with Gasteiger partial charge in [-0.05, 0) is 48.5 Å².